The minimum atomic E-state index is -0.123. The molecule has 2 aliphatic rings. The number of fused-ring (bicyclic) bond motifs is 4. The molecule has 0 amide bonds. The van der Waals surface area contributed by atoms with Gasteiger partial charge in [-0.1, -0.05) is 113 Å². The van der Waals surface area contributed by atoms with E-state index in [-0.39, 0.29) is 10.8 Å². The average Bonchev–Trinajstić information content (AvgIpc) is 3.29. The second kappa shape index (κ2) is 8.99. The molecule has 0 atom stereocenters. The molecule has 4 aromatic rings. The second-order valence-corrected chi connectivity index (χ2v) is 11.9. The van der Waals surface area contributed by atoms with Crippen LogP contribution in [0.5, 0.6) is 0 Å². The Morgan fingerprint density at radius 2 is 1.36 bits per heavy atom. The highest BCUT2D eigenvalue weighted by Gasteiger charge is 2.39. The van der Waals surface area contributed by atoms with Gasteiger partial charge in [0.05, 0.1) is 5.69 Å². The maximum Gasteiger partial charge on any atom is 0.0543 e. The SMILES string of the molecule is C=CC1=C(/C=C\C)c2c(N(c3ccc(C)cc3)c3ccc4c(c3)C(C)(C)c3ccccc3-4)cccc2C1(C)C. The molecule has 1 nitrogen and oxygen atoms in total. The van der Waals surface area contributed by atoms with Crippen LogP contribution < -0.4 is 4.90 Å². The zero-order valence-corrected chi connectivity index (χ0v) is 24.0. The lowest BCUT2D eigenvalue weighted by Gasteiger charge is -2.30. The molecule has 0 saturated heterocycles. The van der Waals surface area contributed by atoms with Crippen molar-refractivity contribution >= 4 is 22.6 Å². The van der Waals surface area contributed by atoms with Gasteiger partial charge >= 0.3 is 0 Å². The summed E-state index contributed by atoms with van der Waals surface area (Å²) in [6, 6.07) is 31.6. The Morgan fingerprint density at radius 1 is 0.692 bits per heavy atom. The monoisotopic (exact) mass is 507 g/mol. The van der Waals surface area contributed by atoms with Crippen LogP contribution in [-0.2, 0) is 10.8 Å². The Labute approximate surface area is 233 Å². The largest absolute Gasteiger partial charge is 0.310 e. The molecule has 0 aliphatic heterocycles. The fraction of sp³-hybridized carbons (Fsp3) is 0.211. The number of benzene rings is 4. The van der Waals surface area contributed by atoms with Crippen molar-refractivity contribution in [2.75, 3.05) is 4.90 Å². The van der Waals surface area contributed by atoms with E-state index in [1.54, 1.807) is 0 Å². The molecular weight excluding hydrogens is 470 g/mol. The van der Waals surface area contributed by atoms with E-state index in [0.29, 0.717) is 0 Å². The standard InChI is InChI=1S/C38H37N/c1-8-13-30-31(9-2)37(4,5)33-16-12-17-35(36(30)33)39(26-20-18-25(3)19-21-26)27-22-23-29-28-14-10-11-15-32(28)38(6,7)34(29)24-27/h8-24H,2H2,1,3-7H3/b13-8-. The predicted molar refractivity (Wildman–Crippen MR) is 168 cm³/mol. The Kier molecular flexibility index (Phi) is 5.81. The molecule has 0 fully saturated rings. The van der Waals surface area contributed by atoms with Gasteiger partial charge < -0.3 is 4.90 Å². The summed E-state index contributed by atoms with van der Waals surface area (Å²) in [7, 11) is 0. The number of rotatable bonds is 5. The Bertz CT molecular complexity index is 1670. The predicted octanol–water partition coefficient (Wildman–Crippen LogP) is 10.6. The first-order valence-corrected chi connectivity index (χ1v) is 13.9. The highest BCUT2D eigenvalue weighted by atomic mass is 15.1. The Hall–Kier alpha value is -4.10. The van der Waals surface area contributed by atoms with Gasteiger partial charge in [0.15, 0.2) is 0 Å². The van der Waals surface area contributed by atoms with Crippen LogP contribution in [0.3, 0.4) is 0 Å². The Balaban J connectivity index is 1.63. The molecule has 0 radical (unpaired) electrons. The summed E-state index contributed by atoms with van der Waals surface area (Å²) < 4.78 is 0. The van der Waals surface area contributed by atoms with E-state index in [2.05, 4.69) is 150 Å². The summed E-state index contributed by atoms with van der Waals surface area (Å²) >= 11 is 0. The Morgan fingerprint density at radius 3 is 2.08 bits per heavy atom. The summed E-state index contributed by atoms with van der Waals surface area (Å²) in [5.41, 5.74) is 15.2. The second-order valence-electron chi connectivity index (χ2n) is 11.9. The first-order chi connectivity index (χ1) is 18.7. The lowest BCUT2D eigenvalue weighted by molar-refractivity contribution is 0.654. The number of hydrogen-bond acceptors (Lipinski definition) is 1. The van der Waals surface area contributed by atoms with Crippen LogP contribution in [0.25, 0.3) is 16.7 Å². The van der Waals surface area contributed by atoms with E-state index < -0.39 is 0 Å². The molecule has 194 valence electrons. The summed E-state index contributed by atoms with van der Waals surface area (Å²) in [6.45, 7) is 17.8. The third-order valence-electron chi connectivity index (χ3n) is 8.84. The lowest BCUT2D eigenvalue weighted by atomic mass is 9.81. The van der Waals surface area contributed by atoms with Crippen molar-refractivity contribution in [1.29, 1.82) is 0 Å². The first-order valence-electron chi connectivity index (χ1n) is 13.9. The zero-order valence-electron chi connectivity index (χ0n) is 24.0. The molecule has 1 heteroatoms. The van der Waals surface area contributed by atoms with Gasteiger partial charge in [-0.2, -0.15) is 0 Å². The van der Waals surface area contributed by atoms with Crippen LogP contribution in [-0.4, -0.2) is 0 Å². The number of hydrogen-bond donors (Lipinski definition) is 0. The number of aryl methyl sites for hydroxylation is 1. The van der Waals surface area contributed by atoms with Gasteiger partial charge in [0.1, 0.15) is 0 Å². The minimum Gasteiger partial charge on any atom is -0.310 e. The molecule has 0 unspecified atom stereocenters. The molecule has 0 aromatic heterocycles. The topological polar surface area (TPSA) is 3.24 Å². The summed E-state index contributed by atoms with van der Waals surface area (Å²) in [6.07, 6.45) is 6.44. The number of anilines is 3. The van der Waals surface area contributed by atoms with Crippen molar-refractivity contribution in [2.24, 2.45) is 0 Å². The maximum atomic E-state index is 4.22. The first kappa shape index (κ1) is 25.2. The average molecular weight is 508 g/mol. The lowest BCUT2D eigenvalue weighted by Crippen LogP contribution is -2.18. The molecule has 39 heavy (non-hydrogen) atoms. The van der Waals surface area contributed by atoms with Gasteiger partial charge in [-0.3, -0.25) is 0 Å². The van der Waals surface area contributed by atoms with Crippen LogP contribution >= 0.6 is 0 Å². The normalized spacial score (nSPS) is 16.3. The third kappa shape index (κ3) is 3.67. The van der Waals surface area contributed by atoms with E-state index in [1.807, 2.05) is 6.08 Å². The maximum absolute atomic E-state index is 4.22. The van der Waals surface area contributed by atoms with Crippen LogP contribution in [0.1, 0.15) is 62.4 Å². The molecule has 0 heterocycles. The molecule has 4 aromatic carbocycles. The summed E-state index contributed by atoms with van der Waals surface area (Å²) in [4.78, 5) is 2.45. The minimum absolute atomic E-state index is 0.0620. The van der Waals surface area contributed by atoms with Crippen molar-refractivity contribution in [3.8, 4) is 11.1 Å². The fourth-order valence-electron chi connectivity index (χ4n) is 6.80. The van der Waals surface area contributed by atoms with Crippen LogP contribution in [0, 0.1) is 6.92 Å². The molecule has 0 N–H and O–H groups in total. The number of allylic oxidation sites excluding steroid dienone is 5. The van der Waals surface area contributed by atoms with Crippen molar-refractivity contribution in [3.05, 3.63) is 143 Å². The van der Waals surface area contributed by atoms with Gasteiger partial charge in [0.25, 0.3) is 0 Å². The molecule has 0 spiro atoms. The van der Waals surface area contributed by atoms with Gasteiger partial charge in [0.2, 0.25) is 0 Å². The molecule has 6 rings (SSSR count). The van der Waals surface area contributed by atoms with E-state index in [9.17, 15) is 0 Å². The summed E-state index contributed by atoms with van der Waals surface area (Å²) in [5, 5.41) is 0. The van der Waals surface area contributed by atoms with Crippen LogP contribution in [0.2, 0.25) is 0 Å². The van der Waals surface area contributed by atoms with E-state index in [4.69, 9.17) is 0 Å². The van der Waals surface area contributed by atoms with Gasteiger partial charge in [-0.15, -0.1) is 0 Å². The van der Waals surface area contributed by atoms with Crippen molar-refractivity contribution in [1.82, 2.24) is 0 Å². The van der Waals surface area contributed by atoms with Crippen LogP contribution in [0.4, 0.5) is 17.1 Å². The molecule has 0 bridgehead atoms. The van der Waals surface area contributed by atoms with Gasteiger partial charge in [-0.25, -0.2) is 0 Å². The van der Waals surface area contributed by atoms with E-state index in [0.717, 1.165) is 5.69 Å². The third-order valence-corrected chi connectivity index (χ3v) is 8.84. The van der Waals surface area contributed by atoms with E-state index in [1.165, 1.54) is 61.5 Å². The molecule has 0 saturated carbocycles. The van der Waals surface area contributed by atoms with Crippen molar-refractivity contribution in [2.45, 2.75) is 52.4 Å². The van der Waals surface area contributed by atoms with Crippen molar-refractivity contribution < 1.29 is 0 Å². The quantitative estimate of drug-likeness (QED) is 0.260. The van der Waals surface area contributed by atoms with Gasteiger partial charge in [-0.05, 0) is 83.1 Å². The number of nitrogens with zero attached hydrogens (tertiary/aromatic N) is 1. The molecular formula is C38H37N. The van der Waals surface area contributed by atoms with Gasteiger partial charge in [0, 0.05) is 27.8 Å². The highest BCUT2D eigenvalue weighted by molar-refractivity contribution is 5.97. The fourth-order valence-corrected chi connectivity index (χ4v) is 6.80. The zero-order chi connectivity index (χ0) is 27.5. The van der Waals surface area contributed by atoms with Crippen LogP contribution in [0.15, 0.2) is 115 Å². The summed E-state index contributed by atoms with van der Waals surface area (Å²) in [5.74, 6) is 0. The van der Waals surface area contributed by atoms with E-state index >= 15 is 0 Å². The smallest absolute Gasteiger partial charge is 0.0543 e. The highest BCUT2D eigenvalue weighted by Crippen LogP contribution is 2.54. The molecule has 2 aliphatic carbocycles. The van der Waals surface area contributed by atoms with Crippen molar-refractivity contribution in [3.63, 3.8) is 0 Å².